The second-order valence-corrected chi connectivity index (χ2v) is 4.38. The first-order valence-electron chi connectivity index (χ1n) is 3.27. The molecule has 0 spiro atoms. The van der Waals surface area contributed by atoms with E-state index in [9.17, 15) is 4.79 Å². The molecule has 0 unspecified atom stereocenters. The summed E-state index contributed by atoms with van der Waals surface area (Å²) in [6, 6.07) is 0. The molecule has 0 bridgehead atoms. The quantitative estimate of drug-likeness (QED) is 0.847. The Hall–Kier alpha value is -0.0300. The van der Waals surface area contributed by atoms with Crippen LogP contribution in [0.2, 0.25) is 9.62 Å². The number of halogens is 3. The maximum atomic E-state index is 10.8. The van der Waals surface area contributed by atoms with Gasteiger partial charge in [0.25, 0.3) is 0 Å². The molecule has 1 rings (SSSR count). The number of carbonyl (C=O) groups is 1. The summed E-state index contributed by atoms with van der Waals surface area (Å²) in [5, 5.41) is 2.88. The van der Waals surface area contributed by atoms with E-state index in [2.05, 4.69) is 10.3 Å². The summed E-state index contributed by atoms with van der Waals surface area (Å²) >= 11 is 17.8. The van der Waals surface area contributed by atoms with Gasteiger partial charge in [0.15, 0.2) is 4.47 Å². The summed E-state index contributed by atoms with van der Waals surface area (Å²) in [6.45, 7) is 0.314. The number of nitrogens with zero attached hydrogens (tertiary/aromatic N) is 1. The molecule has 0 aromatic carbocycles. The molecule has 7 heteroatoms. The Bertz CT molecular complexity index is 315. The van der Waals surface area contributed by atoms with Crippen molar-refractivity contribution in [2.45, 2.75) is 6.54 Å². The fourth-order valence-corrected chi connectivity index (χ4v) is 2.07. The normalized spacial score (nSPS) is 10.1. The number of carbonyl (C=O) groups excluding carboxylic acids is 1. The van der Waals surface area contributed by atoms with Crippen LogP contribution >= 0.6 is 46.1 Å². The Kier molecular flexibility index (Phi) is 4.25. The van der Waals surface area contributed by atoms with E-state index in [0.29, 0.717) is 16.2 Å². The predicted octanol–water partition coefficient (Wildman–Crippen LogP) is 2.30. The van der Waals surface area contributed by atoms with Crippen molar-refractivity contribution in [3.63, 3.8) is 0 Å². The monoisotopic (exact) mass is 258 g/mol. The topological polar surface area (TPSA) is 42.0 Å². The molecule has 0 aliphatic rings. The molecule has 1 aromatic heterocycles. The molecule has 0 aliphatic carbocycles. The fraction of sp³-hybridized carbons (Fsp3) is 0.333. The van der Waals surface area contributed by atoms with Gasteiger partial charge < -0.3 is 5.32 Å². The highest BCUT2D eigenvalue weighted by atomic mass is 35.5. The number of aromatic nitrogens is 1. The van der Waals surface area contributed by atoms with Crippen LogP contribution in [0.4, 0.5) is 0 Å². The zero-order valence-electron chi connectivity index (χ0n) is 6.31. The van der Waals surface area contributed by atoms with E-state index in [1.165, 1.54) is 11.3 Å². The second-order valence-electron chi connectivity index (χ2n) is 2.09. The van der Waals surface area contributed by atoms with Gasteiger partial charge in [0.1, 0.15) is 11.0 Å². The minimum absolute atomic E-state index is 0.0653. The van der Waals surface area contributed by atoms with Crippen molar-refractivity contribution in [3.05, 3.63) is 14.5 Å². The highest BCUT2D eigenvalue weighted by Gasteiger charge is 2.08. The third-order valence-electron chi connectivity index (χ3n) is 1.19. The highest BCUT2D eigenvalue weighted by molar-refractivity contribution is 7.16. The van der Waals surface area contributed by atoms with Gasteiger partial charge in [-0.05, 0) is 0 Å². The summed E-state index contributed by atoms with van der Waals surface area (Å²) in [4.78, 5) is 15.3. The summed E-state index contributed by atoms with van der Waals surface area (Å²) in [5.74, 6) is -0.313. The van der Waals surface area contributed by atoms with E-state index in [1.54, 1.807) is 0 Å². The van der Waals surface area contributed by atoms with Crippen LogP contribution in [-0.4, -0.2) is 16.8 Å². The second kappa shape index (κ2) is 5.00. The van der Waals surface area contributed by atoms with Crippen molar-refractivity contribution in [2.75, 3.05) is 5.88 Å². The van der Waals surface area contributed by atoms with Crippen molar-refractivity contribution in [1.82, 2.24) is 10.3 Å². The molecule has 0 fully saturated rings. The molecule has 0 atom stereocenters. The van der Waals surface area contributed by atoms with Crippen molar-refractivity contribution in [1.29, 1.82) is 0 Å². The van der Waals surface area contributed by atoms with Gasteiger partial charge in [-0.1, -0.05) is 23.2 Å². The van der Waals surface area contributed by atoms with Crippen LogP contribution in [0.25, 0.3) is 0 Å². The van der Waals surface area contributed by atoms with Gasteiger partial charge in [0.05, 0.1) is 11.4 Å². The van der Waals surface area contributed by atoms with E-state index >= 15 is 0 Å². The number of thiazole rings is 1. The lowest BCUT2D eigenvalue weighted by Crippen LogP contribution is -2.23. The molecule has 0 radical (unpaired) electrons. The van der Waals surface area contributed by atoms with Crippen molar-refractivity contribution in [3.8, 4) is 0 Å². The molecular weight excluding hydrogens is 255 g/mol. The smallest absolute Gasteiger partial charge is 0.235 e. The summed E-state index contributed by atoms with van der Waals surface area (Å²) < 4.78 is 0.361. The number of hydrogen-bond acceptors (Lipinski definition) is 3. The molecule has 0 saturated heterocycles. The SMILES string of the molecule is O=C(CCl)NCc1sc(Cl)nc1Cl. The third-order valence-corrected chi connectivity index (χ3v) is 3.02. The molecule has 72 valence electrons. The zero-order valence-corrected chi connectivity index (χ0v) is 9.40. The molecule has 3 nitrogen and oxygen atoms in total. The average molecular weight is 260 g/mol. The Morgan fingerprint density at radius 2 is 2.23 bits per heavy atom. The van der Waals surface area contributed by atoms with E-state index in [0.717, 1.165) is 4.88 Å². The number of rotatable bonds is 3. The summed E-state index contributed by atoms with van der Waals surface area (Å²) in [6.07, 6.45) is 0. The predicted molar refractivity (Wildman–Crippen MR) is 54.7 cm³/mol. The molecule has 1 heterocycles. The Morgan fingerprint density at radius 1 is 1.54 bits per heavy atom. The fourth-order valence-electron chi connectivity index (χ4n) is 0.641. The Balaban J connectivity index is 2.54. The molecule has 0 saturated carbocycles. The first-order valence-corrected chi connectivity index (χ1v) is 5.37. The van der Waals surface area contributed by atoms with Gasteiger partial charge in [-0.2, -0.15) is 0 Å². The van der Waals surface area contributed by atoms with Crippen LogP contribution in [0, 0.1) is 0 Å². The largest absolute Gasteiger partial charge is 0.350 e. The van der Waals surface area contributed by atoms with Crippen LogP contribution < -0.4 is 5.32 Å². The minimum Gasteiger partial charge on any atom is -0.350 e. The van der Waals surface area contributed by atoms with Gasteiger partial charge in [-0.3, -0.25) is 4.79 Å². The maximum absolute atomic E-state index is 10.8. The number of hydrogen-bond donors (Lipinski definition) is 1. The van der Waals surface area contributed by atoms with Crippen LogP contribution in [0.15, 0.2) is 0 Å². The van der Waals surface area contributed by atoms with Crippen LogP contribution in [0.5, 0.6) is 0 Å². The number of nitrogens with one attached hydrogen (secondary N) is 1. The van der Waals surface area contributed by atoms with Gasteiger partial charge in [0.2, 0.25) is 5.91 Å². The summed E-state index contributed by atoms with van der Waals surface area (Å²) in [5.41, 5.74) is 0. The van der Waals surface area contributed by atoms with E-state index in [4.69, 9.17) is 34.8 Å². The van der Waals surface area contributed by atoms with Gasteiger partial charge in [0, 0.05) is 0 Å². The van der Waals surface area contributed by atoms with Crippen molar-refractivity contribution < 1.29 is 4.79 Å². The average Bonchev–Trinajstić information content (AvgIpc) is 2.41. The molecule has 1 N–H and O–H groups in total. The first kappa shape index (κ1) is 11.0. The van der Waals surface area contributed by atoms with E-state index < -0.39 is 0 Å². The Labute approximate surface area is 94.0 Å². The molecule has 1 aromatic rings. The maximum Gasteiger partial charge on any atom is 0.235 e. The number of amides is 1. The Morgan fingerprint density at radius 3 is 2.69 bits per heavy atom. The number of alkyl halides is 1. The first-order chi connectivity index (χ1) is 6.13. The lowest BCUT2D eigenvalue weighted by Gasteiger charge is -1.98. The van der Waals surface area contributed by atoms with Crippen molar-refractivity contribution in [2.24, 2.45) is 0 Å². The van der Waals surface area contributed by atoms with Gasteiger partial charge in [-0.25, -0.2) is 4.98 Å². The van der Waals surface area contributed by atoms with Crippen LogP contribution in [0.3, 0.4) is 0 Å². The molecule has 13 heavy (non-hydrogen) atoms. The standard InChI is InChI=1S/C6H5Cl3N2OS/c7-1-4(12)10-2-3-5(8)11-6(9)13-3/h1-2H2,(H,10,12). The molecule has 1 amide bonds. The van der Waals surface area contributed by atoms with Gasteiger partial charge >= 0.3 is 0 Å². The third kappa shape index (κ3) is 3.31. The highest BCUT2D eigenvalue weighted by Crippen LogP contribution is 2.26. The lowest BCUT2D eigenvalue weighted by molar-refractivity contribution is -0.118. The van der Waals surface area contributed by atoms with Crippen LogP contribution in [-0.2, 0) is 11.3 Å². The lowest BCUT2D eigenvalue weighted by atomic mass is 10.5. The minimum atomic E-state index is -0.248. The van der Waals surface area contributed by atoms with Gasteiger partial charge in [-0.15, -0.1) is 22.9 Å². The van der Waals surface area contributed by atoms with Crippen LogP contribution in [0.1, 0.15) is 4.88 Å². The zero-order chi connectivity index (χ0) is 9.84. The van der Waals surface area contributed by atoms with E-state index in [1.807, 2.05) is 0 Å². The molecule has 0 aliphatic heterocycles. The summed E-state index contributed by atoms with van der Waals surface area (Å²) in [7, 11) is 0. The van der Waals surface area contributed by atoms with E-state index in [-0.39, 0.29) is 11.8 Å². The van der Waals surface area contributed by atoms with Crippen molar-refractivity contribution >= 4 is 52.0 Å². The molecular formula is C6H5Cl3N2OS.